The van der Waals surface area contributed by atoms with Gasteiger partial charge in [-0.1, -0.05) is 12.2 Å². The van der Waals surface area contributed by atoms with Crippen LogP contribution in [0.15, 0.2) is 12.2 Å². The van der Waals surface area contributed by atoms with Crippen molar-refractivity contribution in [3.8, 4) is 0 Å². The largest absolute Gasteiger partial charge is 0.490 e. The molecule has 2 bridgehead atoms. The Kier molecular flexibility index (Phi) is 3.45. The van der Waals surface area contributed by atoms with Gasteiger partial charge in [0.1, 0.15) is 6.10 Å². The summed E-state index contributed by atoms with van der Waals surface area (Å²) >= 11 is 0. The minimum atomic E-state index is -5.05. The molecule has 0 aromatic carbocycles. The second kappa shape index (κ2) is 5.03. The molecule has 0 radical (unpaired) electrons. The van der Waals surface area contributed by atoms with Crippen LogP contribution in [0.3, 0.4) is 0 Å². The number of carbonyl (C=O) groups is 2. The number of carbonyl (C=O) groups excluding carboxylic acids is 2. The Labute approximate surface area is 119 Å². The average Bonchev–Trinajstić information content (AvgIpc) is 3.10. The molecule has 0 spiro atoms. The summed E-state index contributed by atoms with van der Waals surface area (Å²) in [5.41, 5.74) is 0. The second-order valence-electron chi connectivity index (χ2n) is 5.87. The van der Waals surface area contributed by atoms with E-state index in [-0.39, 0.29) is 18.4 Å². The molecule has 5 unspecified atom stereocenters. The van der Waals surface area contributed by atoms with E-state index >= 15 is 0 Å². The van der Waals surface area contributed by atoms with Crippen LogP contribution in [0.5, 0.6) is 0 Å². The first-order chi connectivity index (χ1) is 9.86. The number of rotatable bonds is 3. The highest BCUT2D eigenvalue weighted by Crippen LogP contribution is 2.48. The Balaban J connectivity index is 1.80. The minimum absolute atomic E-state index is 0.0782. The quantitative estimate of drug-likeness (QED) is 0.593. The Morgan fingerprint density at radius 1 is 1.33 bits per heavy atom. The van der Waals surface area contributed by atoms with Crippen LogP contribution >= 0.6 is 0 Å². The fourth-order valence-corrected chi connectivity index (χ4v) is 3.67. The molecule has 4 nitrogen and oxygen atoms in total. The molecule has 1 saturated heterocycles. The summed E-state index contributed by atoms with van der Waals surface area (Å²) in [6, 6.07) is 0. The number of alkyl halides is 3. The van der Waals surface area contributed by atoms with Gasteiger partial charge >= 0.3 is 18.1 Å². The van der Waals surface area contributed by atoms with Crippen molar-refractivity contribution in [2.24, 2.45) is 23.7 Å². The standard InChI is InChI=1S/C14H15F3O4/c15-14(16,17)13(19)21-11(9-3-4-20-12(9)18)10-6-7-1-2-8(10)5-7/h1-2,7-11H,3-6H2. The van der Waals surface area contributed by atoms with Crippen LogP contribution in [0.1, 0.15) is 19.3 Å². The first-order valence-electron chi connectivity index (χ1n) is 6.99. The molecule has 5 atom stereocenters. The van der Waals surface area contributed by atoms with E-state index in [0.29, 0.717) is 18.8 Å². The highest BCUT2D eigenvalue weighted by atomic mass is 19.4. The molecular formula is C14H15F3O4. The zero-order valence-corrected chi connectivity index (χ0v) is 11.1. The first-order valence-corrected chi connectivity index (χ1v) is 6.99. The molecule has 21 heavy (non-hydrogen) atoms. The zero-order chi connectivity index (χ0) is 15.2. The van der Waals surface area contributed by atoms with Gasteiger partial charge in [0, 0.05) is 5.92 Å². The topological polar surface area (TPSA) is 52.6 Å². The molecule has 0 aromatic heterocycles. The second-order valence-corrected chi connectivity index (χ2v) is 5.87. The van der Waals surface area contributed by atoms with Gasteiger partial charge in [-0.15, -0.1) is 0 Å². The third-order valence-electron chi connectivity index (χ3n) is 4.60. The van der Waals surface area contributed by atoms with E-state index in [2.05, 4.69) is 0 Å². The number of ether oxygens (including phenoxy) is 2. The van der Waals surface area contributed by atoms with Gasteiger partial charge < -0.3 is 9.47 Å². The van der Waals surface area contributed by atoms with Crippen molar-refractivity contribution in [3.63, 3.8) is 0 Å². The number of esters is 2. The van der Waals surface area contributed by atoms with Crippen LogP contribution in [0, 0.1) is 23.7 Å². The number of fused-ring (bicyclic) bond motifs is 2. The summed E-state index contributed by atoms with van der Waals surface area (Å²) in [5.74, 6) is -3.42. The lowest BCUT2D eigenvalue weighted by molar-refractivity contribution is -0.210. The first kappa shape index (κ1) is 14.4. The SMILES string of the molecule is O=C1OCCC1C(OC(=O)C(F)(F)F)C1CC2C=CC1C2. The molecule has 3 aliphatic rings. The lowest BCUT2D eigenvalue weighted by Crippen LogP contribution is -2.41. The van der Waals surface area contributed by atoms with Crippen LogP contribution in [-0.2, 0) is 19.1 Å². The fourth-order valence-electron chi connectivity index (χ4n) is 3.67. The summed E-state index contributed by atoms with van der Waals surface area (Å²) < 4.78 is 46.9. The zero-order valence-electron chi connectivity index (χ0n) is 11.1. The van der Waals surface area contributed by atoms with Gasteiger partial charge in [0.25, 0.3) is 0 Å². The van der Waals surface area contributed by atoms with Crippen LogP contribution in [0.25, 0.3) is 0 Å². The minimum Gasteiger partial charge on any atom is -0.465 e. The van der Waals surface area contributed by atoms with Crippen molar-refractivity contribution < 1.29 is 32.2 Å². The highest BCUT2D eigenvalue weighted by molar-refractivity contribution is 5.78. The Bertz CT molecular complexity index is 485. The summed E-state index contributed by atoms with van der Waals surface area (Å²) in [6.45, 7) is 0.167. The van der Waals surface area contributed by atoms with Crippen LogP contribution in [0.4, 0.5) is 13.2 Å². The summed E-state index contributed by atoms with van der Waals surface area (Å²) in [6.07, 6.45) is -0.299. The van der Waals surface area contributed by atoms with Crippen molar-refractivity contribution in [2.45, 2.75) is 31.5 Å². The van der Waals surface area contributed by atoms with Crippen molar-refractivity contribution in [1.29, 1.82) is 0 Å². The molecule has 1 heterocycles. The average molecular weight is 304 g/mol. The monoisotopic (exact) mass is 304 g/mol. The number of hydrogen-bond acceptors (Lipinski definition) is 4. The predicted octanol–water partition coefficient (Wildman–Crippen LogP) is 2.24. The van der Waals surface area contributed by atoms with Crippen LogP contribution < -0.4 is 0 Å². The van der Waals surface area contributed by atoms with E-state index in [4.69, 9.17) is 9.47 Å². The normalized spacial score (nSPS) is 35.9. The maximum Gasteiger partial charge on any atom is 0.490 e. The number of cyclic esters (lactones) is 1. The van der Waals surface area contributed by atoms with Crippen LogP contribution in [0.2, 0.25) is 0 Å². The molecule has 0 N–H and O–H groups in total. The van der Waals surface area contributed by atoms with E-state index in [1.54, 1.807) is 0 Å². The third-order valence-corrected chi connectivity index (χ3v) is 4.60. The van der Waals surface area contributed by atoms with Crippen molar-refractivity contribution in [1.82, 2.24) is 0 Å². The van der Waals surface area contributed by atoms with Gasteiger partial charge in [0.15, 0.2) is 0 Å². The molecular weight excluding hydrogens is 289 g/mol. The lowest BCUT2D eigenvalue weighted by Gasteiger charge is -2.31. The van der Waals surface area contributed by atoms with Gasteiger partial charge in [-0.25, -0.2) is 4.79 Å². The van der Waals surface area contributed by atoms with E-state index in [1.165, 1.54) is 0 Å². The summed E-state index contributed by atoms with van der Waals surface area (Å²) in [5, 5.41) is 0. The Morgan fingerprint density at radius 2 is 2.10 bits per heavy atom. The molecule has 2 fully saturated rings. The van der Waals surface area contributed by atoms with Gasteiger partial charge in [0.2, 0.25) is 0 Å². The highest BCUT2D eigenvalue weighted by Gasteiger charge is 2.51. The van der Waals surface area contributed by atoms with Crippen LogP contribution in [-0.4, -0.2) is 30.8 Å². The summed E-state index contributed by atoms with van der Waals surface area (Å²) in [7, 11) is 0. The maximum atomic E-state index is 12.5. The molecule has 7 heteroatoms. The van der Waals surface area contributed by atoms with Crippen molar-refractivity contribution in [3.05, 3.63) is 12.2 Å². The van der Waals surface area contributed by atoms with Gasteiger partial charge in [-0.3, -0.25) is 4.79 Å². The fraction of sp³-hybridized carbons (Fsp3) is 0.714. The van der Waals surface area contributed by atoms with Gasteiger partial charge in [0.05, 0.1) is 12.5 Å². The van der Waals surface area contributed by atoms with E-state index < -0.39 is 30.1 Å². The van der Waals surface area contributed by atoms with Crippen molar-refractivity contribution >= 4 is 11.9 Å². The molecule has 1 saturated carbocycles. The number of hydrogen-bond donors (Lipinski definition) is 0. The molecule has 0 aromatic rings. The number of allylic oxidation sites excluding steroid dienone is 2. The van der Waals surface area contributed by atoms with Crippen molar-refractivity contribution in [2.75, 3.05) is 6.61 Å². The summed E-state index contributed by atoms with van der Waals surface area (Å²) in [4.78, 5) is 22.9. The van der Waals surface area contributed by atoms with E-state index in [0.717, 1.165) is 6.42 Å². The molecule has 0 amide bonds. The Morgan fingerprint density at radius 3 is 2.57 bits per heavy atom. The molecule has 116 valence electrons. The van der Waals surface area contributed by atoms with E-state index in [1.807, 2.05) is 12.2 Å². The number of halogens is 3. The van der Waals surface area contributed by atoms with E-state index in [9.17, 15) is 22.8 Å². The smallest absolute Gasteiger partial charge is 0.465 e. The molecule has 3 rings (SSSR count). The maximum absolute atomic E-state index is 12.5. The Hall–Kier alpha value is -1.53. The lowest BCUT2D eigenvalue weighted by atomic mass is 9.81. The third kappa shape index (κ3) is 2.65. The molecule has 2 aliphatic carbocycles. The van der Waals surface area contributed by atoms with Gasteiger partial charge in [-0.2, -0.15) is 13.2 Å². The predicted molar refractivity (Wildman–Crippen MR) is 63.8 cm³/mol. The van der Waals surface area contributed by atoms with Gasteiger partial charge in [-0.05, 0) is 31.1 Å². The molecule has 1 aliphatic heterocycles.